The Morgan fingerprint density at radius 1 is 1.13 bits per heavy atom. The van der Waals surface area contributed by atoms with Gasteiger partial charge in [0.25, 0.3) is 5.22 Å². The maximum absolute atomic E-state index is 11.9. The minimum absolute atomic E-state index is 0.185. The molecule has 0 atom stereocenters. The second-order valence-corrected chi connectivity index (χ2v) is 7.43. The van der Waals surface area contributed by atoms with Gasteiger partial charge in [0, 0.05) is 24.5 Å². The fraction of sp³-hybridized carbons (Fsp3) is 0.263. The van der Waals surface area contributed by atoms with Gasteiger partial charge in [0.15, 0.2) is 11.6 Å². The van der Waals surface area contributed by atoms with Crippen molar-refractivity contribution in [1.82, 2.24) is 25.5 Å². The van der Waals surface area contributed by atoms with E-state index in [4.69, 9.17) is 13.5 Å². The number of hydrogen-bond donors (Lipinski definition) is 1. The first-order valence-electron chi connectivity index (χ1n) is 9.13. The van der Waals surface area contributed by atoms with Crippen molar-refractivity contribution >= 4 is 23.5 Å². The summed E-state index contributed by atoms with van der Waals surface area (Å²) < 4.78 is 15.8. The summed E-state index contributed by atoms with van der Waals surface area (Å²) in [5, 5.41) is 18.8. The van der Waals surface area contributed by atoms with Crippen LogP contribution in [-0.4, -0.2) is 31.4 Å². The average Bonchev–Trinajstić information content (AvgIpc) is 3.46. The molecular weight excluding hydrogens is 408 g/mol. The van der Waals surface area contributed by atoms with Gasteiger partial charge in [-0.05, 0) is 26.0 Å². The van der Waals surface area contributed by atoms with Gasteiger partial charge in [-0.3, -0.25) is 4.79 Å². The molecule has 0 saturated carbocycles. The topological polar surface area (TPSA) is 133 Å². The summed E-state index contributed by atoms with van der Waals surface area (Å²) in [6.45, 7) is 3.75. The van der Waals surface area contributed by atoms with E-state index in [2.05, 4.69) is 30.8 Å². The number of nitrogens with one attached hydrogen (secondary N) is 1. The Bertz CT molecular complexity index is 1150. The van der Waals surface area contributed by atoms with Gasteiger partial charge in [0.1, 0.15) is 5.76 Å². The maximum atomic E-state index is 11.9. The predicted octanol–water partition coefficient (Wildman–Crippen LogP) is 3.59. The van der Waals surface area contributed by atoms with Gasteiger partial charge in [0.05, 0.1) is 5.75 Å². The Balaban J connectivity index is 1.26. The van der Waals surface area contributed by atoms with Crippen LogP contribution in [0.2, 0.25) is 0 Å². The Hall–Kier alpha value is -3.47. The van der Waals surface area contributed by atoms with Gasteiger partial charge >= 0.3 is 0 Å². The monoisotopic (exact) mass is 426 g/mol. The molecule has 3 heterocycles. The average molecular weight is 426 g/mol. The van der Waals surface area contributed by atoms with Gasteiger partial charge in [-0.1, -0.05) is 39.8 Å². The molecule has 0 aliphatic rings. The summed E-state index contributed by atoms with van der Waals surface area (Å²) in [4.78, 5) is 16.2. The summed E-state index contributed by atoms with van der Waals surface area (Å²) in [5.74, 6) is 2.51. The first-order chi connectivity index (χ1) is 14.5. The van der Waals surface area contributed by atoms with Crippen LogP contribution in [0.25, 0.3) is 11.5 Å². The number of thioether (sulfide) groups is 1. The standard InChI is InChI=1S/C19H18N6O4S/c1-11-4-3-5-13(8-11)18-22-23-19(27-18)30-10-15-21-17(29-25-15)7-6-16(26)20-14-9-12(2)28-24-14/h3-5,8-9H,6-7,10H2,1-2H3,(H,20,24,26). The molecular formula is C19H18N6O4S. The number of amides is 1. The van der Waals surface area contributed by atoms with E-state index in [1.54, 1.807) is 13.0 Å². The Kier molecular flexibility index (Phi) is 5.89. The van der Waals surface area contributed by atoms with Crippen LogP contribution in [0.3, 0.4) is 0 Å². The highest BCUT2D eigenvalue weighted by atomic mass is 32.2. The third-order valence-electron chi connectivity index (χ3n) is 3.97. The molecule has 0 fully saturated rings. The zero-order valence-electron chi connectivity index (χ0n) is 16.3. The van der Waals surface area contributed by atoms with Crippen molar-refractivity contribution in [3.8, 4) is 11.5 Å². The molecule has 1 N–H and O–H groups in total. The number of aromatic nitrogens is 5. The third-order valence-corrected chi connectivity index (χ3v) is 4.78. The van der Waals surface area contributed by atoms with E-state index >= 15 is 0 Å². The number of nitrogens with zero attached hydrogens (tertiary/aromatic N) is 5. The lowest BCUT2D eigenvalue weighted by atomic mass is 10.1. The fourth-order valence-corrected chi connectivity index (χ4v) is 3.20. The highest BCUT2D eigenvalue weighted by molar-refractivity contribution is 7.98. The highest BCUT2D eigenvalue weighted by Gasteiger charge is 2.14. The molecule has 3 aromatic heterocycles. The Morgan fingerprint density at radius 2 is 2.03 bits per heavy atom. The van der Waals surface area contributed by atoms with E-state index in [-0.39, 0.29) is 12.3 Å². The van der Waals surface area contributed by atoms with Crippen LogP contribution in [0.5, 0.6) is 0 Å². The molecule has 1 amide bonds. The summed E-state index contributed by atoms with van der Waals surface area (Å²) >= 11 is 1.31. The third kappa shape index (κ3) is 5.11. The Labute approximate surface area is 175 Å². The molecule has 30 heavy (non-hydrogen) atoms. The van der Waals surface area contributed by atoms with E-state index in [1.165, 1.54) is 11.8 Å². The number of benzene rings is 1. The molecule has 0 spiro atoms. The summed E-state index contributed by atoms with van der Waals surface area (Å²) in [6.07, 6.45) is 0.503. The van der Waals surface area contributed by atoms with Crippen molar-refractivity contribution in [3.05, 3.63) is 53.4 Å². The molecule has 0 radical (unpaired) electrons. The number of hydrogen-bond acceptors (Lipinski definition) is 10. The molecule has 11 heteroatoms. The SMILES string of the molecule is Cc1cccc(-c2nnc(SCc3noc(CCC(=O)Nc4cc(C)on4)n3)o2)c1. The number of carbonyl (C=O) groups excluding carboxylic acids is 1. The molecule has 0 aliphatic carbocycles. The van der Waals surface area contributed by atoms with E-state index in [9.17, 15) is 4.79 Å². The molecule has 0 aliphatic heterocycles. The summed E-state index contributed by atoms with van der Waals surface area (Å²) in [7, 11) is 0. The highest BCUT2D eigenvalue weighted by Crippen LogP contribution is 2.25. The van der Waals surface area contributed by atoms with Crippen LogP contribution in [-0.2, 0) is 17.0 Å². The van der Waals surface area contributed by atoms with E-state index in [1.807, 2.05) is 31.2 Å². The summed E-state index contributed by atoms with van der Waals surface area (Å²) in [6, 6.07) is 9.48. The molecule has 0 saturated heterocycles. The lowest BCUT2D eigenvalue weighted by molar-refractivity contribution is -0.116. The fourth-order valence-electron chi connectivity index (χ4n) is 2.59. The molecule has 154 valence electrons. The number of anilines is 1. The molecule has 4 rings (SSSR count). The largest absolute Gasteiger partial charge is 0.411 e. The molecule has 10 nitrogen and oxygen atoms in total. The zero-order chi connectivity index (χ0) is 20.9. The van der Waals surface area contributed by atoms with Crippen LogP contribution in [0, 0.1) is 13.8 Å². The van der Waals surface area contributed by atoms with Crippen LogP contribution < -0.4 is 5.32 Å². The van der Waals surface area contributed by atoms with Crippen molar-refractivity contribution in [2.24, 2.45) is 0 Å². The predicted molar refractivity (Wildman–Crippen MR) is 107 cm³/mol. The van der Waals surface area contributed by atoms with Gasteiger partial charge < -0.3 is 18.8 Å². The van der Waals surface area contributed by atoms with Crippen molar-refractivity contribution in [2.75, 3.05) is 5.32 Å². The lowest BCUT2D eigenvalue weighted by Gasteiger charge is -1.98. The smallest absolute Gasteiger partial charge is 0.277 e. The number of rotatable bonds is 8. The van der Waals surface area contributed by atoms with Crippen LogP contribution in [0.4, 0.5) is 5.82 Å². The normalized spacial score (nSPS) is 11.0. The number of aryl methyl sites for hydroxylation is 3. The first-order valence-corrected chi connectivity index (χ1v) is 10.1. The molecule has 0 bridgehead atoms. The second-order valence-electron chi connectivity index (χ2n) is 6.51. The van der Waals surface area contributed by atoms with Crippen molar-refractivity contribution < 1.29 is 18.3 Å². The van der Waals surface area contributed by atoms with Gasteiger partial charge in [-0.2, -0.15) is 4.98 Å². The van der Waals surface area contributed by atoms with Crippen LogP contribution in [0.1, 0.15) is 29.5 Å². The van der Waals surface area contributed by atoms with Crippen molar-refractivity contribution in [3.63, 3.8) is 0 Å². The van der Waals surface area contributed by atoms with E-state index in [0.717, 1.165) is 11.1 Å². The van der Waals surface area contributed by atoms with Crippen molar-refractivity contribution in [1.29, 1.82) is 0 Å². The molecule has 0 unspecified atom stereocenters. The first kappa shape index (κ1) is 19.8. The Morgan fingerprint density at radius 3 is 2.83 bits per heavy atom. The van der Waals surface area contributed by atoms with E-state index < -0.39 is 0 Å². The molecule has 4 aromatic rings. The zero-order valence-corrected chi connectivity index (χ0v) is 17.1. The van der Waals surface area contributed by atoms with Gasteiger partial charge in [-0.15, -0.1) is 10.2 Å². The van der Waals surface area contributed by atoms with Crippen LogP contribution >= 0.6 is 11.8 Å². The minimum Gasteiger partial charge on any atom is -0.411 e. The lowest BCUT2D eigenvalue weighted by Crippen LogP contribution is -2.12. The maximum Gasteiger partial charge on any atom is 0.277 e. The van der Waals surface area contributed by atoms with Crippen molar-refractivity contribution in [2.45, 2.75) is 37.7 Å². The molecule has 1 aromatic carbocycles. The summed E-state index contributed by atoms with van der Waals surface area (Å²) in [5.41, 5.74) is 1.99. The quantitative estimate of drug-likeness (QED) is 0.417. The van der Waals surface area contributed by atoms with E-state index in [0.29, 0.717) is 46.6 Å². The van der Waals surface area contributed by atoms with Crippen LogP contribution in [0.15, 0.2) is 49.0 Å². The second kappa shape index (κ2) is 8.91. The van der Waals surface area contributed by atoms with Gasteiger partial charge in [0.2, 0.25) is 17.7 Å². The minimum atomic E-state index is -0.216. The van der Waals surface area contributed by atoms with Gasteiger partial charge in [-0.25, -0.2) is 0 Å². The number of carbonyl (C=O) groups is 1.